The highest BCUT2D eigenvalue weighted by Crippen LogP contribution is 1.93. The van der Waals surface area contributed by atoms with Crippen LogP contribution in [0.3, 0.4) is 0 Å². The molecule has 0 atom stereocenters. The molecule has 0 aliphatic heterocycles. The minimum atomic E-state index is -0.948. The van der Waals surface area contributed by atoms with Gasteiger partial charge in [-0.3, -0.25) is 9.59 Å². The molecule has 0 radical (unpaired) electrons. The zero-order valence-electron chi connectivity index (χ0n) is 5.65. The van der Waals surface area contributed by atoms with Crippen molar-refractivity contribution in [2.75, 3.05) is 0 Å². The van der Waals surface area contributed by atoms with Gasteiger partial charge >= 0.3 is 11.9 Å². The molecule has 6 heteroatoms. The van der Waals surface area contributed by atoms with Crippen molar-refractivity contribution in [3.63, 3.8) is 0 Å². The van der Waals surface area contributed by atoms with Gasteiger partial charge in [0.15, 0.2) is 0 Å². The fraction of sp³-hybridized carbons (Fsp3) is 0.600. The van der Waals surface area contributed by atoms with E-state index in [4.69, 9.17) is 10.2 Å². The lowest BCUT2D eigenvalue weighted by atomic mass is 10.2. The van der Waals surface area contributed by atoms with Crippen molar-refractivity contribution in [1.29, 1.82) is 0 Å². The van der Waals surface area contributed by atoms with Crippen LogP contribution in [0.1, 0.15) is 19.3 Å². The van der Waals surface area contributed by atoms with Gasteiger partial charge in [0.2, 0.25) is 0 Å². The van der Waals surface area contributed by atoms with E-state index in [1.807, 2.05) is 0 Å². The van der Waals surface area contributed by atoms with Crippen molar-refractivity contribution in [3.8, 4) is 0 Å². The average molecular weight is 294 g/mol. The third kappa shape index (κ3) is 17.7. The summed E-state index contributed by atoms with van der Waals surface area (Å²) >= 11 is 0. The number of hydrogen-bond acceptors (Lipinski definition) is 2. The first-order valence-corrected chi connectivity index (χ1v) is 2.56. The predicted octanol–water partition coefficient (Wildman–Crippen LogP) is 1.48. The number of hydrogen-bond donors (Lipinski definition) is 2. The van der Waals surface area contributed by atoms with E-state index < -0.39 is 11.9 Å². The summed E-state index contributed by atoms with van der Waals surface area (Å²) in [7, 11) is 0. The standard InChI is InChI=1S/C5H8O4.2BrH/c6-4(7)2-1-3-5(8)9;;/h1-3H2,(H,6,7)(H,8,9);2*1H. The van der Waals surface area contributed by atoms with Crippen LogP contribution in [0.2, 0.25) is 0 Å². The fourth-order valence-corrected chi connectivity index (χ4v) is 0.391. The first kappa shape index (κ1) is 17.1. The normalized spacial score (nSPS) is 7.27. The second kappa shape index (κ2) is 9.90. The molecule has 0 amide bonds. The zero-order chi connectivity index (χ0) is 7.28. The average Bonchev–Trinajstić information content (AvgIpc) is 1.63. The fourth-order valence-electron chi connectivity index (χ4n) is 0.391. The van der Waals surface area contributed by atoms with Crippen LogP contribution in [0.25, 0.3) is 0 Å². The Labute approximate surface area is 85.1 Å². The van der Waals surface area contributed by atoms with Crippen molar-refractivity contribution in [1.82, 2.24) is 0 Å². The molecule has 0 aromatic carbocycles. The summed E-state index contributed by atoms with van der Waals surface area (Å²) in [5.74, 6) is -1.90. The molecular formula is C5H10Br2O4. The Morgan fingerprint density at radius 1 is 0.909 bits per heavy atom. The van der Waals surface area contributed by atoms with Gasteiger partial charge in [0.05, 0.1) is 0 Å². The lowest BCUT2D eigenvalue weighted by molar-refractivity contribution is -0.138. The second-order valence-corrected chi connectivity index (χ2v) is 1.64. The van der Waals surface area contributed by atoms with Crippen molar-refractivity contribution < 1.29 is 19.8 Å². The third-order valence-electron chi connectivity index (χ3n) is 0.781. The van der Waals surface area contributed by atoms with Gasteiger partial charge in [-0.1, -0.05) is 0 Å². The van der Waals surface area contributed by atoms with Gasteiger partial charge in [-0.25, -0.2) is 0 Å². The molecule has 0 spiro atoms. The summed E-state index contributed by atoms with van der Waals surface area (Å²) < 4.78 is 0. The van der Waals surface area contributed by atoms with Crippen LogP contribution in [0, 0.1) is 0 Å². The predicted molar refractivity (Wildman–Crippen MR) is 49.8 cm³/mol. The number of carboxylic acids is 2. The molecule has 0 heterocycles. The number of carboxylic acid groups (broad SMARTS) is 2. The van der Waals surface area contributed by atoms with E-state index in [-0.39, 0.29) is 53.2 Å². The van der Waals surface area contributed by atoms with Gasteiger partial charge in [0.1, 0.15) is 0 Å². The third-order valence-corrected chi connectivity index (χ3v) is 0.781. The molecule has 0 aliphatic rings. The topological polar surface area (TPSA) is 74.6 Å². The van der Waals surface area contributed by atoms with Gasteiger partial charge in [-0.15, -0.1) is 34.0 Å². The summed E-state index contributed by atoms with van der Waals surface area (Å²) in [5.41, 5.74) is 0. The van der Waals surface area contributed by atoms with E-state index in [0.29, 0.717) is 0 Å². The van der Waals surface area contributed by atoms with Crippen molar-refractivity contribution >= 4 is 45.9 Å². The Morgan fingerprint density at radius 2 is 1.18 bits per heavy atom. The molecule has 0 saturated heterocycles. The molecule has 0 fully saturated rings. The van der Waals surface area contributed by atoms with E-state index in [2.05, 4.69) is 0 Å². The summed E-state index contributed by atoms with van der Waals surface area (Å²) in [4.78, 5) is 19.6. The molecule has 68 valence electrons. The van der Waals surface area contributed by atoms with E-state index in [9.17, 15) is 9.59 Å². The number of aliphatic carboxylic acids is 2. The summed E-state index contributed by atoms with van der Waals surface area (Å²) in [6.07, 6.45) is 0.0866. The summed E-state index contributed by atoms with van der Waals surface area (Å²) in [6, 6.07) is 0. The lowest BCUT2D eigenvalue weighted by Crippen LogP contribution is -1.98. The summed E-state index contributed by atoms with van der Waals surface area (Å²) in [6.45, 7) is 0. The van der Waals surface area contributed by atoms with Gasteiger partial charge in [-0.2, -0.15) is 0 Å². The first-order valence-electron chi connectivity index (χ1n) is 2.56. The number of halogens is 2. The molecule has 2 N–H and O–H groups in total. The quantitative estimate of drug-likeness (QED) is 0.823. The van der Waals surface area contributed by atoms with Crippen LogP contribution in [0.5, 0.6) is 0 Å². The minimum absolute atomic E-state index is 0. The highest BCUT2D eigenvalue weighted by Gasteiger charge is 1.99. The molecule has 0 aromatic rings. The molecule has 0 saturated carbocycles. The molecule has 11 heavy (non-hydrogen) atoms. The summed E-state index contributed by atoms with van der Waals surface area (Å²) in [5, 5.41) is 16.1. The van der Waals surface area contributed by atoms with E-state index in [1.54, 1.807) is 0 Å². The van der Waals surface area contributed by atoms with Crippen molar-refractivity contribution in [2.24, 2.45) is 0 Å². The monoisotopic (exact) mass is 292 g/mol. The first-order chi connectivity index (χ1) is 4.13. The van der Waals surface area contributed by atoms with E-state index in [1.165, 1.54) is 0 Å². The SMILES string of the molecule is Br.Br.O=C(O)CCCC(=O)O. The molecule has 0 aromatic heterocycles. The van der Waals surface area contributed by atoms with Crippen molar-refractivity contribution in [2.45, 2.75) is 19.3 Å². The van der Waals surface area contributed by atoms with Crippen molar-refractivity contribution in [3.05, 3.63) is 0 Å². The molecule has 0 bridgehead atoms. The van der Waals surface area contributed by atoms with Crippen LogP contribution in [-0.2, 0) is 9.59 Å². The number of rotatable bonds is 4. The molecule has 0 rings (SSSR count). The Balaban J connectivity index is -0.000000320. The lowest BCUT2D eigenvalue weighted by Gasteiger charge is -1.89. The van der Waals surface area contributed by atoms with Gasteiger partial charge in [-0.05, 0) is 6.42 Å². The maximum atomic E-state index is 9.79. The van der Waals surface area contributed by atoms with E-state index >= 15 is 0 Å². The largest absolute Gasteiger partial charge is 0.481 e. The minimum Gasteiger partial charge on any atom is -0.481 e. The van der Waals surface area contributed by atoms with E-state index in [0.717, 1.165) is 0 Å². The van der Waals surface area contributed by atoms with Crippen LogP contribution in [-0.4, -0.2) is 22.2 Å². The van der Waals surface area contributed by atoms with Gasteiger partial charge < -0.3 is 10.2 Å². The Kier molecular flexibility index (Phi) is 15.4. The zero-order valence-corrected chi connectivity index (χ0v) is 9.07. The Hall–Kier alpha value is -0.100. The molecule has 0 unspecified atom stereocenters. The number of carbonyl (C=O) groups is 2. The van der Waals surface area contributed by atoms with Gasteiger partial charge in [0.25, 0.3) is 0 Å². The molecule has 0 aliphatic carbocycles. The maximum Gasteiger partial charge on any atom is 0.303 e. The molecule has 4 nitrogen and oxygen atoms in total. The second-order valence-electron chi connectivity index (χ2n) is 1.64. The highest BCUT2D eigenvalue weighted by atomic mass is 79.9. The van der Waals surface area contributed by atoms with Crippen LogP contribution in [0.15, 0.2) is 0 Å². The van der Waals surface area contributed by atoms with Crippen LogP contribution < -0.4 is 0 Å². The Bertz CT molecular complexity index is 112. The van der Waals surface area contributed by atoms with Crippen LogP contribution >= 0.6 is 34.0 Å². The smallest absolute Gasteiger partial charge is 0.303 e. The maximum absolute atomic E-state index is 9.79. The highest BCUT2D eigenvalue weighted by molar-refractivity contribution is 8.93. The Morgan fingerprint density at radius 3 is 1.36 bits per heavy atom. The van der Waals surface area contributed by atoms with Crippen LogP contribution in [0.4, 0.5) is 0 Å². The molecular weight excluding hydrogens is 284 g/mol. The van der Waals surface area contributed by atoms with Gasteiger partial charge in [0, 0.05) is 12.8 Å².